The van der Waals surface area contributed by atoms with Gasteiger partial charge in [0.25, 0.3) is 5.56 Å². The van der Waals surface area contributed by atoms with Gasteiger partial charge < -0.3 is 15.1 Å². The minimum Gasteiger partial charge on any atom is -0.369 e. The van der Waals surface area contributed by atoms with Gasteiger partial charge in [-0.05, 0) is 48.5 Å². The van der Waals surface area contributed by atoms with E-state index in [0.29, 0.717) is 22.1 Å². The van der Waals surface area contributed by atoms with Crippen molar-refractivity contribution in [2.24, 2.45) is 0 Å². The van der Waals surface area contributed by atoms with E-state index in [-0.39, 0.29) is 17.3 Å². The zero-order valence-corrected chi connectivity index (χ0v) is 25.0. The fourth-order valence-corrected chi connectivity index (χ4v) is 6.87. The van der Waals surface area contributed by atoms with Gasteiger partial charge in [-0.25, -0.2) is 13.4 Å². The van der Waals surface area contributed by atoms with Gasteiger partial charge in [-0.1, -0.05) is 67.6 Å². The lowest BCUT2D eigenvalue weighted by atomic mass is 10.1. The molecule has 1 atom stereocenters. The summed E-state index contributed by atoms with van der Waals surface area (Å²) in [5.41, 5.74) is 3.29. The van der Waals surface area contributed by atoms with Gasteiger partial charge in [0.1, 0.15) is 5.65 Å². The lowest BCUT2D eigenvalue weighted by molar-refractivity contribution is 0.313. The van der Waals surface area contributed by atoms with Crippen LogP contribution < -0.4 is 15.8 Å². The normalized spacial score (nSPS) is 15.0. The Hall–Kier alpha value is -4.54. The lowest BCUT2D eigenvalue weighted by Gasteiger charge is -2.34. The largest absolute Gasteiger partial charge is 0.369 e. The van der Waals surface area contributed by atoms with Crippen LogP contribution in [-0.4, -0.2) is 66.8 Å². The molecule has 43 heavy (non-hydrogen) atoms. The summed E-state index contributed by atoms with van der Waals surface area (Å²) in [4.78, 5) is 28.2. The average Bonchev–Trinajstić information content (AvgIpc) is 3.04. The highest BCUT2D eigenvalue weighted by Crippen LogP contribution is 2.30. The van der Waals surface area contributed by atoms with Crippen LogP contribution in [0, 0.1) is 0 Å². The summed E-state index contributed by atoms with van der Waals surface area (Å²) in [6, 6.07) is 27.9. The topological polar surface area (TPSA) is 100 Å². The molecule has 9 nitrogen and oxygen atoms in total. The molecule has 0 saturated carbocycles. The third kappa shape index (κ3) is 5.89. The molecular weight excluding hydrogens is 560 g/mol. The van der Waals surface area contributed by atoms with E-state index in [1.54, 1.807) is 43.5 Å². The van der Waals surface area contributed by atoms with Crippen molar-refractivity contribution in [3.8, 4) is 11.1 Å². The first-order valence-electron chi connectivity index (χ1n) is 14.4. The molecule has 220 valence electrons. The molecule has 3 heterocycles. The van der Waals surface area contributed by atoms with Crippen molar-refractivity contribution in [2.45, 2.75) is 12.3 Å². The standard InChI is InChI=1S/C33H34N6O3S/c1-3-43(41,42)32(25-12-8-5-9-13-25)39-30-26(22-29(31(39)40)24-10-6-4-7-11-24)23-34-33(36-30)35-27-14-16-28(17-15-27)38-20-18-37(2)19-21-38/h4-17,22-23,32H,3,18-21H2,1-2H3,(H,34,35,36). The number of hydrogen-bond acceptors (Lipinski definition) is 8. The number of fused-ring (bicyclic) bond motifs is 1. The molecule has 3 aromatic carbocycles. The molecule has 1 unspecified atom stereocenters. The van der Waals surface area contributed by atoms with E-state index in [0.717, 1.165) is 37.6 Å². The molecule has 10 heteroatoms. The fraction of sp³-hybridized carbons (Fsp3) is 0.242. The van der Waals surface area contributed by atoms with Gasteiger partial charge in [0.15, 0.2) is 15.2 Å². The molecular formula is C33H34N6O3S. The first-order chi connectivity index (χ1) is 20.8. The van der Waals surface area contributed by atoms with Gasteiger partial charge in [0.2, 0.25) is 5.95 Å². The van der Waals surface area contributed by atoms with Crippen molar-refractivity contribution >= 4 is 38.2 Å². The van der Waals surface area contributed by atoms with Crippen LogP contribution in [0.2, 0.25) is 0 Å². The maximum absolute atomic E-state index is 14.2. The zero-order chi connectivity index (χ0) is 30.0. The van der Waals surface area contributed by atoms with Crippen molar-refractivity contribution in [2.75, 3.05) is 49.2 Å². The molecule has 6 rings (SSSR count). The highest BCUT2D eigenvalue weighted by Gasteiger charge is 2.31. The Kier molecular flexibility index (Phi) is 7.96. The molecule has 0 amide bonds. The van der Waals surface area contributed by atoms with E-state index in [4.69, 9.17) is 4.98 Å². The van der Waals surface area contributed by atoms with Crippen molar-refractivity contribution in [3.63, 3.8) is 0 Å². The number of benzene rings is 3. The number of likely N-dealkylation sites (N-methyl/N-ethyl adjacent to an activating group) is 1. The molecule has 1 aliphatic rings. The lowest BCUT2D eigenvalue weighted by Crippen LogP contribution is -2.44. The Morgan fingerprint density at radius 1 is 0.884 bits per heavy atom. The number of nitrogens with one attached hydrogen (secondary N) is 1. The summed E-state index contributed by atoms with van der Waals surface area (Å²) in [6.07, 6.45) is 1.63. The summed E-state index contributed by atoms with van der Waals surface area (Å²) >= 11 is 0. The first kappa shape index (κ1) is 28.6. The first-order valence-corrected chi connectivity index (χ1v) is 16.1. The van der Waals surface area contributed by atoms with Crippen LogP contribution in [-0.2, 0) is 9.84 Å². The van der Waals surface area contributed by atoms with Crippen molar-refractivity contribution in [3.05, 3.63) is 113 Å². The second-order valence-corrected chi connectivity index (χ2v) is 13.1. The van der Waals surface area contributed by atoms with Crippen LogP contribution in [0.3, 0.4) is 0 Å². The average molecular weight is 595 g/mol. The number of piperazine rings is 1. The van der Waals surface area contributed by atoms with Gasteiger partial charge >= 0.3 is 0 Å². The second kappa shape index (κ2) is 12.0. The van der Waals surface area contributed by atoms with Crippen LogP contribution >= 0.6 is 0 Å². The number of hydrogen-bond donors (Lipinski definition) is 1. The van der Waals surface area contributed by atoms with E-state index in [1.165, 1.54) is 4.57 Å². The SMILES string of the molecule is CCS(=O)(=O)C(c1ccccc1)n1c(=O)c(-c2ccccc2)cc2cnc(Nc3ccc(N4CCN(C)CC4)cc3)nc21. The number of rotatable bonds is 8. The fourth-order valence-electron chi connectivity index (χ4n) is 5.46. The highest BCUT2D eigenvalue weighted by molar-refractivity contribution is 7.91. The smallest absolute Gasteiger partial charge is 0.261 e. The summed E-state index contributed by atoms with van der Waals surface area (Å²) in [5, 5.41) is 2.54. The molecule has 2 aromatic heterocycles. The predicted molar refractivity (Wildman–Crippen MR) is 173 cm³/mol. The van der Waals surface area contributed by atoms with E-state index >= 15 is 0 Å². The quantitative estimate of drug-likeness (QED) is 0.270. The monoisotopic (exact) mass is 594 g/mol. The minimum atomic E-state index is -3.80. The molecule has 5 aromatic rings. The Morgan fingerprint density at radius 3 is 2.19 bits per heavy atom. The Morgan fingerprint density at radius 2 is 1.53 bits per heavy atom. The molecule has 0 aliphatic carbocycles. The van der Waals surface area contributed by atoms with Crippen LogP contribution in [0.25, 0.3) is 22.2 Å². The maximum atomic E-state index is 14.2. The van der Waals surface area contributed by atoms with Crippen molar-refractivity contribution in [1.82, 2.24) is 19.4 Å². The number of aromatic nitrogens is 3. The molecule has 1 aliphatic heterocycles. The maximum Gasteiger partial charge on any atom is 0.261 e. The van der Waals surface area contributed by atoms with Crippen molar-refractivity contribution < 1.29 is 8.42 Å². The molecule has 1 saturated heterocycles. The minimum absolute atomic E-state index is 0.147. The number of anilines is 3. The third-order valence-corrected chi connectivity index (χ3v) is 9.88. The Labute approximate surface area is 251 Å². The van der Waals surface area contributed by atoms with E-state index in [9.17, 15) is 13.2 Å². The number of sulfone groups is 1. The summed E-state index contributed by atoms with van der Waals surface area (Å²) in [7, 11) is -1.66. The Bertz CT molecular complexity index is 1890. The van der Waals surface area contributed by atoms with Gasteiger partial charge in [-0.3, -0.25) is 9.36 Å². The summed E-state index contributed by atoms with van der Waals surface area (Å²) in [6.45, 7) is 5.59. The van der Waals surface area contributed by atoms with Crippen LogP contribution in [0.15, 0.2) is 102 Å². The number of pyridine rings is 1. The predicted octanol–water partition coefficient (Wildman–Crippen LogP) is 4.94. The summed E-state index contributed by atoms with van der Waals surface area (Å²) in [5.74, 6) is 0.118. The van der Waals surface area contributed by atoms with E-state index in [2.05, 4.69) is 39.3 Å². The highest BCUT2D eigenvalue weighted by atomic mass is 32.2. The van der Waals surface area contributed by atoms with Gasteiger partial charge in [-0.15, -0.1) is 0 Å². The Balaban J connectivity index is 1.46. The molecule has 0 radical (unpaired) electrons. The van der Waals surface area contributed by atoms with E-state index in [1.807, 2.05) is 48.5 Å². The van der Waals surface area contributed by atoms with Crippen molar-refractivity contribution in [1.29, 1.82) is 0 Å². The zero-order valence-electron chi connectivity index (χ0n) is 24.2. The van der Waals surface area contributed by atoms with Crippen LogP contribution in [0.5, 0.6) is 0 Å². The molecule has 0 spiro atoms. The molecule has 0 bridgehead atoms. The van der Waals surface area contributed by atoms with Gasteiger partial charge in [0.05, 0.1) is 0 Å². The molecule has 1 fully saturated rings. The van der Waals surface area contributed by atoms with Crippen LogP contribution in [0.4, 0.5) is 17.3 Å². The van der Waals surface area contributed by atoms with Gasteiger partial charge in [0, 0.05) is 60.5 Å². The van der Waals surface area contributed by atoms with E-state index < -0.39 is 20.8 Å². The summed E-state index contributed by atoms with van der Waals surface area (Å²) < 4.78 is 28.7. The van der Waals surface area contributed by atoms with Gasteiger partial charge in [-0.2, -0.15) is 4.98 Å². The number of nitrogens with zero attached hydrogens (tertiary/aromatic N) is 5. The van der Waals surface area contributed by atoms with Crippen LogP contribution in [0.1, 0.15) is 17.9 Å². The second-order valence-electron chi connectivity index (χ2n) is 10.7. The molecule has 1 N–H and O–H groups in total. The third-order valence-electron chi connectivity index (χ3n) is 7.91.